The Bertz CT molecular complexity index is 828. The number of halogens is 1. The van der Waals surface area contributed by atoms with Gasteiger partial charge >= 0.3 is 5.97 Å². The fourth-order valence-corrected chi connectivity index (χ4v) is 3.38. The number of Topliss-reactive ketones (excluding diaryl/α,β-unsaturated/α-hetero) is 1. The van der Waals surface area contributed by atoms with Crippen molar-refractivity contribution in [3.05, 3.63) is 28.6 Å². The van der Waals surface area contributed by atoms with E-state index in [1.165, 1.54) is 0 Å². The van der Waals surface area contributed by atoms with E-state index in [-0.39, 0.29) is 23.6 Å². The average Bonchev–Trinajstić information content (AvgIpc) is 3.33. The highest BCUT2D eigenvalue weighted by Crippen LogP contribution is 2.42. The van der Waals surface area contributed by atoms with Gasteiger partial charge in [-0.1, -0.05) is 25.4 Å². The molecule has 0 aliphatic heterocycles. The van der Waals surface area contributed by atoms with Crippen LogP contribution in [0.4, 0.5) is 0 Å². The summed E-state index contributed by atoms with van der Waals surface area (Å²) in [4.78, 5) is 31.2. The van der Waals surface area contributed by atoms with Crippen molar-refractivity contribution >= 4 is 34.5 Å². The van der Waals surface area contributed by atoms with Crippen molar-refractivity contribution < 1.29 is 18.7 Å². The minimum Gasteiger partial charge on any atom is -0.464 e. The number of esters is 1. The zero-order valence-corrected chi connectivity index (χ0v) is 16.0. The van der Waals surface area contributed by atoms with Crippen LogP contribution < -0.4 is 0 Å². The molecule has 0 N–H and O–H groups in total. The molecule has 0 bridgehead atoms. The molecule has 0 spiro atoms. The summed E-state index contributed by atoms with van der Waals surface area (Å²) in [6.45, 7) is 8.76. The number of rotatable bonds is 8. The fraction of sp³-hybridized carbons (Fsp3) is 0.526. The molecular weight excluding hydrogens is 356 g/mol. The predicted molar refractivity (Wildman–Crippen MR) is 98.4 cm³/mol. The summed E-state index contributed by atoms with van der Waals surface area (Å²) < 4.78 is 10.8. The number of fused-ring (bicyclic) bond motifs is 1. The number of hydrogen-bond acceptors (Lipinski definition) is 6. The molecule has 2 aromatic rings. The number of aromatic nitrogens is 1. The van der Waals surface area contributed by atoms with E-state index in [0.717, 1.165) is 13.1 Å². The van der Waals surface area contributed by atoms with Crippen molar-refractivity contribution in [2.75, 3.05) is 26.2 Å². The Morgan fingerprint density at radius 3 is 2.73 bits per heavy atom. The molecule has 1 fully saturated rings. The van der Waals surface area contributed by atoms with Crippen molar-refractivity contribution in [2.45, 2.75) is 27.2 Å². The van der Waals surface area contributed by atoms with Crippen LogP contribution >= 0.6 is 11.6 Å². The topological polar surface area (TPSA) is 72.6 Å². The number of carbonyl (C=O) groups is 2. The molecule has 1 aromatic carbocycles. The molecule has 3 rings (SSSR count). The molecule has 1 heterocycles. The molecule has 1 aromatic heterocycles. The maximum Gasteiger partial charge on any atom is 0.309 e. The Hall–Kier alpha value is -1.92. The molecule has 2 atom stereocenters. The third-order valence-corrected chi connectivity index (χ3v) is 5.10. The number of benzene rings is 1. The van der Waals surface area contributed by atoms with E-state index in [2.05, 4.69) is 23.7 Å². The SMILES string of the molecule is CCN(CC)CCOC(=O)[C@H]1C[C@@H]1C(=O)c1cc(Cl)c2nc(C)oc2c1. The fourth-order valence-electron chi connectivity index (χ4n) is 3.12. The van der Waals surface area contributed by atoms with Crippen molar-refractivity contribution in [1.29, 1.82) is 0 Å². The molecule has 0 saturated heterocycles. The van der Waals surface area contributed by atoms with Gasteiger partial charge in [-0.3, -0.25) is 9.59 Å². The van der Waals surface area contributed by atoms with Crippen LogP contribution in [0.5, 0.6) is 0 Å². The first-order valence-corrected chi connectivity index (χ1v) is 9.32. The summed E-state index contributed by atoms with van der Waals surface area (Å²) in [6.07, 6.45) is 0.522. The third kappa shape index (κ3) is 3.91. The summed E-state index contributed by atoms with van der Waals surface area (Å²) in [5.41, 5.74) is 1.48. The van der Waals surface area contributed by atoms with Crippen LogP contribution in [0.2, 0.25) is 5.02 Å². The van der Waals surface area contributed by atoms with Gasteiger partial charge in [-0.25, -0.2) is 4.98 Å². The first-order valence-electron chi connectivity index (χ1n) is 8.94. The molecule has 140 valence electrons. The van der Waals surface area contributed by atoms with Crippen LogP contribution in [0, 0.1) is 18.8 Å². The zero-order chi connectivity index (χ0) is 18.8. The molecule has 26 heavy (non-hydrogen) atoms. The maximum atomic E-state index is 12.7. The Kier molecular flexibility index (Phi) is 5.63. The lowest BCUT2D eigenvalue weighted by Gasteiger charge is -2.17. The van der Waals surface area contributed by atoms with Crippen LogP contribution in [0.25, 0.3) is 11.1 Å². The first-order chi connectivity index (χ1) is 12.4. The second-order valence-corrected chi connectivity index (χ2v) is 6.95. The molecule has 0 amide bonds. The Balaban J connectivity index is 1.59. The zero-order valence-electron chi connectivity index (χ0n) is 15.3. The van der Waals surface area contributed by atoms with E-state index in [1.807, 2.05) is 0 Å². The third-order valence-electron chi connectivity index (χ3n) is 4.82. The minimum absolute atomic E-state index is 0.103. The lowest BCUT2D eigenvalue weighted by molar-refractivity contribution is -0.145. The van der Waals surface area contributed by atoms with Crippen molar-refractivity contribution in [3.63, 3.8) is 0 Å². The first kappa shape index (κ1) is 18.9. The molecule has 0 radical (unpaired) electrons. The molecule has 7 heteroatoms. The highest BCUT2D eigenvalue weighted by molar-refractivity contribution is 6.35. The largest absolute Gasteiger partial charge is 0.464 e. The van der Waals surface area contributed by atoms with Crippen LogP contribution in [-0.2, 0) is 9.53 Å². The number of ketones is 1. The number of oxazole rings is 1. The van der Waals surface area contributed by atoms with E-state index in [4.69, 9.17) is 20.8 Å². The molecule has 1 aliphatic rings. The van der Waals surface area contributed by atoms with Gasteiger partial charge in [0.1, 0.15) is 12.1 Å². The number of hydrogen-bond donors (Lipinski definition) is 0. The van der Waals surface area contributed by atoms with E-state index >= 15 is 0 Å². The highest BCUT2D eigenvalue weighted by Gasteiger charge is 2.49. The second kappa shape index (κ2) is 7.76. The Morgan fingerprint density at radius 1 is 1.31 bits per heavy atom. The highest BCUT2D eigenvalue weighted by atomic mass is 35.5. The van der Waals surface area contributed by atoms with E-state index in [1.54, 1.807) is 19.1 Å². The summed E-state index contributed by atoms with van der Waals surface area (Å²) in [6, 6.07) is 3.24. The average molecular weight is 379 g/mol. The van der Waals surface area contributed by atoms with E-state index < -0.39 is 0 Å². The number of aryl methyl sites for hydroxylation is 1. The quantitative estimate of drug-likeness (QED) is 0.517. The maximum absolute atomic E-state index is 12.7. The molecule has 1 aliphatic carbocycles. The summed E-state index contributed by atoms with van der Waals surface area (Å²) in [5.74, 6) is -0.599. The second-order valence-electron chi connectivity index (χ2n) is 6.55. The van der Waals surface area contributed by atoms with Crippen LogP contribution in [-0.4, -0.2) is 47.9 Å². The molecule has 6 nitrogen and oxygen atoms in total. The van der Waals surface area contributed by atoms with Gasteiger partial charge in [-0.05, 0) is 31.6 Å². The van der Waals surface area contributed by atoms with Gasteiger partial charge in [0.05, 0.1) is 10.9 Å². The predicted octanol–water partition coefficient (Wildman–Crippen LogP) is 3.49. The normalized spacial score (nSPS) is 19.1. The van der Waals surface area contributed by atoms with Crippen LogP contribution in [0.15, 0.2) is 16.5 Å². The molecule has 1 saturated carbocycles. The lowest BCUT2D eigenvalue weighted by atomic mass is 10.1. The smallest absolute Gasteiger partial charge is 0.309 e. The Labute approximate surface area is 157 Å². The lowest BCUT2D eigenvalue weighted by Crippen LogP contribution is -2.28. The monoisotopic (exact) mass is 378 g/mol. The molecule has 0 unspecified atom stereocenters. The Morgan fingerprint density at radius 2 is 2.04 bits per heavy atom. The van der Waals surface area contributed by atoms with Crippen LogP contribution in [0.1, 0.15) is 36.5 Å². The number of ether oxygens (including phenoxy) is 1. The van der Waals surface area contributed by atoms with Crippen molar-refractivity contribution in [1.82, 2.24) is 9.88 Å². The van der Waals surface area contributed by atoms with Gasteiger partial charge in [0.15, 0.2) is 17.3 Å². The van der Waals surface area contributed by atoms with E-state index in [9.17, 15) is 9.59 Å². The van der Waals surface area contributed by atoms with Gasteiger partial charge in [0.25, 0.3) is 0 Å². The standard InChI is InChI=1S/C19H23ClN2O4/c1-4-22(5-2)6-7-25-19(24)14-10-13(14)18(23)12-8-15(20)17-16(9-12)26-11(3)21-17/h8-9,13-14H,4-7,10H2,1-3H3/t13-,14-/m0/s1. The number of nitrogens with zero attached hydrogens (tertiary/aromatic N) is 2. The summed E-state index contributed by atoms with van der Waals surface area (Å²) >= 11 is 6.20. The van der Waals surface area contributed by atoms with E-state index in [0.29, 0.717) is 47.1 Å². The van der Waals surface area contributed by atoms with Crippen molar-refractivity contribution in [2.24, 2.45) is 11.8 Å². The number of likely N-dealkylation sites (N-methyl/N-ethyl adjacent to an activating group) is 1. The summed E-state index contributed by atoms with van der Waals surface area (Å²) in [5, 5.41) is 0.377. The summed E-state index contributed by atoms with van der Waals surface area (Å²) in [7, 11) is 0. The molecular formula is C19H23ClN2O4. The van der Waals surface area contributed by atoms with Gasteiger partial charge in [0, 0.05) is 24.9 Å². The van der Waals surface area contributed by atoms with Crippen molar-refractivity contribution in [3.8, 4) is 0 Å². The number of carbonyl (C=O) groups excluding carboxylic acids is 2. The van der Waals surface area contributed by atoms with Gasteiger partial charge in [0.2, 0.25) is 0 Å². The van der Waals surface area contributed by atoms with Gasteiger partial charge < -0.3 is 14.1 Å². The van der Waals surface area contributed by atoms with Gasteiger partial charge in [-0.15, -0.1) is 0 Å². The van der Waals surface area contributed by atoms with Crippen LogP contribution in [0.3, 0.4) is 0 Å². The van der Waals surface area contributed by atoms with Gasteiger partial charge in [-0.2, -0.15) is 0 Å². The minimum atomic E-state index is -0.356.